The number of aromatic nitrogens is 2. The lowest BCUT2D eigenvalue weighted by molar-refractivity contribution is -0.120. The highest BCUT2D eigenvalue weighted by Gasteiger charge is 2.18. The maximum Gasteiger partial charge on any atom is 0.242 e. The van der Waals surface area contributed by atoms with Crippen molar-refractivity contribution in [1.82, 2.24) is 15.3 Å². The van der Waals surface area contributed by atoms with Gasteiger partial charge in [0.2, 0.25) is 11.8 Å². The Hall–Kier alpha value is -2.05. The number of carbonyl (C=O) groups excluding carboxylic acids is 1. The zero-order valence-electron chi connectivity index (χ0n) is 13.4. The van der Waals surface area contributed by atoms with E-state index in [4.69, 9.17) is 10.5 Å². The summed E-state index contributed by atoms with van der Waals surface area (Å²) in [5.74, 6) is 0.788. The lowest BCUT2D eigenvalue weighted by atomic mass is 10.3. The van der Waals surface area contributed by atoms with Crippen molar-refractivity contribution in [1.29, 1.82) is 0 Å². The predicted octanol–water partition coefficient (Wildman–Crippen LogP) is 1.20. The van der Waals surface area contributed by atoms with E-state index in [0.717, 1.165) is 0 Å². The fraction of sp³-hybridized carbons (Fsp3) is 0.643. The van der Waals surface area contributed by atoms with Crippen molar-refractivity contribution in [2.75, 3.05) is 23.7 Å². The van der Waals surface area contributed by atoms with Crippen molar-refractivity contribution in [3.63, 3.8) is 0 Å². The number of anilines is 2. The Balaban J connectivity index is 2.92. The molecule has 1 aromatic rings. The van der Waals surface area contributed by atoms with Crippen molar-refractivity contribution < 1.29 is 9.53 Å². The van der Waals surface area contributed by atoms with E-state index < -0.39 is 0 Å². The first-order valence-electron chi connectivity index (χ1n) is 7.16. The third kappa shape index (κ3) is 5.09. The molecule has 0 bridgehead atoms. The van der Waals surface area contributed by atoms with E-state index in [1.54, 1.807) is 4.90 Å². The predicted molar refractivity (Wildman–Crippen MR) is 83.4 cm³/mol. The van der Waals surface area contributed by atoms with Crippen LogP contribution in [0, 0.1) is 0 Å². The van der Waals surface area contributed by atoms with Crippen molar-refractivity contribution in [3.05, 3.63) is 6.33 Å². The summed E-state index contributed by atoms with van der Waals surface area (Å²) < 4.78 is 5.55. The SMILES string of the molecule is CCN(CC(=O)NC(C)C)c1ncnc(OC(C)C)c1N. The normalized spacial score (nSPS) is 10.8. The van der Waals surface area contributed by atoms with Crippen molar-refractivity contribution >= 4 is 17.4 Å². The van der Waals surface area contributed by atoms with E-state index in [1.807, 2.05) is 34.6 Å². The summed E-state index contributed by atoms with van der Waals surface area (Å²) in [6.07, 6.45) is 1.36. The Morgan fingerprint density at radius 2 is 2.05 bits per heavy atom. The molecule has 21 heavy (non-hydrogen) atoms. The monoisotopic (exact) mass is 295 g/mol. The zero-order chi connectivity index (χ0) is 16.0. The molecule has 7 heteroatoms. The topological polar surface area (TPSA) is 93.4 Å². The Labute approximate surface area is 125 Å². The summed E-state index contributed by atoms with van der Waals surface area (Å²) in [6, 6.07) is 0.0961. The van der Waals surface area contributed by atoms with Crippen LogP contribution >= 0.6 is 0 Å². The molecule has 0 unspecified atom stereocenters. The van der Waals surface area contributed by atoms with Gasteiger partial charge in [0.25, 0.3) is 0 Å². The maximum atomic E-state index is 11.9. The first kappa shape index (κ1) is 17.0. The first-order chi connectivity index (χ1) is 9.85. The van der Waals surface area contributed by atoms with Crippen molar-refractivity contribution in [3.8, 4) is 5.88 Å². The molecule has 1 aromatic heterocycles. The van der Waals surface area contributed by atoms with Crippen LogP contribution in [0.4, 0.5) is 11.5 Å². The minimum absolute atomic E-state index is 0.0330. The van der Waals surface area contributed by atoms with Crippen LogP contribution in [0.15, 0.2) is 6.33 Å². The smallest absolute Gasteiger partial charge is 0.242 e. The standard InChI is InChI=1S/C14H25N5O2/c1-6-19(7-11(20)18-9(2)3)13-12(15)14(17-8-16-13)21-10(4)5/h8-10H,6-7,15H2,1-5H3,(H,18,20). The van der Waals surface area contributed by atoms with Crippen LogP contribution < -0.4 is 20.7 Å². The van der Waals surface area contributed by atoms with Crippen molar-refractivity contribution in [2.24, 2.45) is 0 Å². The number of hydrogen-bond acceptors (Lipinski definition) is 6. The number of nitrogen functional groups attached to an aromatic ring is 1. The number of nitrogens with one attached hydrogen (secondary N) is 1. The van der Waals surface area contributed by atoms with Crippen LogP contribution in [0.3, 0.4) is 0 Å². The second kappa shape index (κ2) is 7.66. The van der Waals surface area contributed by atoms with Gasteiger partial charge < -0.3 is 20.7 Å². The van der Waals surface area contributed by atoms with Gasteiger partial charge in [0.05, 0.1) is 12.6 Å². The van der Waals surface area contributed by atoms with Crippen LogP contribution in [-0.2, 0) is 4.79 Å². The highest BCUT2D eigenvalue weighted by Crippen LogP contribution is 2.28. The Morgan fingerprint density at radius 3 is 2.57 bits per heavy atom. The number of amides is 1. The molecule has 0 aromatic carbocycles. The summed E-state index contributed by atoms with van der Waals surface area (Å²) in [6.45, 7) is 10.4. The maximum absolute atomic E-state index is 11.9. The molecule has 0 aliphatic carbocycles. The Morgan fingerprint density at radius 1 is 1.38 bits per heavy atom. The second-order valence-electron chi connectivity index (χ2n) is 5.32. The Kier molecular flexibility index (Phi) is 6.20. The lowest BCUT2D eigenvalue weighted by Gasteiger charge is -2.24. The molecule has 0 radical (unpaired) electrons. The first-order valence-corrected chi connectivity index (χ1v) is 7.16. The van der Waals surface area contributed by atoms with Crippen LogP contribution in [0.5, 0.6) is 5.88 Å². The number of ether oxygens (including phenoxy) is 1. The number of nitrogens with two attached hydrogens (primary N) is 1. The quantitative estimate of drug-likeness (QED) is 0.785. The van der Waals surface area contributed by atoms with Crippen LogP contribution in [0.25, 0.3) is 0 Å². The molecule has 3 N–H and O–H groups in total. The molecular weight excluding hydrogens is 270 g/mol. The van der Waals surface area contributed by atoms with Crippen LogP contribution in [0.1, 0.15) is 34.6 Å². The van der Waals surface area contributed by atoms with Crippen LogP contribution in [0.2, 0.25) is 0 Å². The molecule has 1 heterocycles. The van der Waals surface area contributed by atoms with Gasteiger partial charge in [-0.05, 0) is 34.6 Å². The van der Waals surface area contributed by atoms with Gasteiger partial charge >= 0.3 is 0 Å². The van der Waals surface area contributed by atoms with Gasteiger partial charge in [0, 0.05) is 12.6 Å². The number of rotatable bonds is 7. The molecule has 0 fully saturated rings. The summed E-state index contributed by atoms with van der Waals surface area (Å²) in [5, 5.41) is 2.85. The molecule has 0 saturated heterocycles. The third-order valence-electron chi connectivity index (χ3n) is 2.64. The van der Waals surface area contributed by atoms with Gasteiger partial charge in [-0.25, -0.2) is 4.98 Å². The van der Waals surface area contributed by atoms with Gasteiger partial charge in [0.15, 0.2) is 5.82 Å². The molecule has 0 aliphatic rings. The summed E-state index contributed by atoms with van der Waals surface area (Å²) in [7, 11) is 0. The number of hydrogen-bond donors (Lipinski definition) is 2. The highest BCUT2D eigenvalue weighted by atomic mass is 16.5. The minimum atomic E-state index is -0.0730. The second-order valence-corrected chi connectivity index (χ2v) is 5.32. The molecule has 0 spiro atoms. The average Bonchev–Trinajstić information content (AvgIpc) is 2.37. The van der Waals surface area contributed by atoms with Crippen molar-refractivity contribution in [2.45, 2.75) is 46.8 Å². The summed E-state index contributed by atoms with van der Waals surface area (Å²) >= 11 is 0. The minimum Gasteiger partial charge on any atom is -0.473 e. The Bertz CT molecular complexity index is 476. The average molecular weight is 295 g/mol. The van der Waals surface area contributed by atoms with E-state index in [1.165, 1.54) is 6.33 Å². The fourth-order valence-corrected chi connectivity index (χ4v) is 1.82. The molecule has 1 rings (SSSR count). The summed E-state index contributed by atoms with van der Waals surface area (Å²) in [4.78, 5) is 21.9. The highest BCUT2D eigenvalue weighted by molar-refractivity contribution is 5.82. The third-order valence-corrected chi connectivity index (χ3v) is 2.64. The van der Waals surface area contributed by atoms with E-state index in [0.29, 0.717) is 23.9 Å². The van der Waals surface area contributed by atoms with E-state index in [9.17, 15) is 4.79 Å². The summed E-state index contributed by atoms with van der Waals surface area (Å²) in [5.41, 5.74) is 6.41. The number of carbonyl (C=O) groups is 1. The largest absolute Gasteiger partial charge is 0.473 e. The van der Waals surface area contributed by atoms with E-state index >= 15 is 0 Å². The van der Waals surface area contributed by atoms with E-state index in [2.05, 4.69) is 15.3 Å². The molecule has 0 atom stereocenters. The van der Waals surface area contributed by atoms with Gasteiger partial charge in [-0.1, -0.05) is 0 Å². The van der Waals surface area contributed by atoms with Crippen LogP contribution in [-0.4, -0.2) is 41.1 Å². The van der Waals surface area contributed by atoms with Gasteiger partial charge in [-0.15, -0.1) is 0 Å². The molecule has 118 valence electrons. The molecule has 0 saturated carbocycles. The van der Waals surface area contributed by atoms with Gasteiger partial charge in [0.1, 0.15) is 12.0 Å². The van der Waals surface area contributed by atoms with Gasteiger partial charge in [-0.2, -0.15) is 4.98 Å². The van der Waals surface area contributed by atoms with E-state index in [-0.39, 0.29) is 24.6 Å². The van der Waals surface area contributed by atoms with Gasteiger partial charge in [-0.3, -0.25) is 4.79 Å². The zero-order valence-corrected chi connectivity index (χ0v) is 13.4. The molecule has 0 aliphatic heterocycles. The number of likely N-dealkylation sites (N-methyl/N-ethyl adjacent to an activating group) is 1. The lowest BCUT2D eigenvalue weighted by Crippen LogP contribution is -2.40. The molecule has 7 nitrogen and oxygen atoms in total. The molecule has 1 amide bonds. The number of nitrogens with zero attached hydrogens (tertiary/aromatic N) is 3. The molecular formula is C14H25N5O2. The fourth-order valence-electron chi connectivity index (χ4n) is 1.82.